The standard InChI is InChI=1S/C22H25FN4O2S/c1-2-29-21(28)4-3-9-27-14-19(10-18-11-24-16-25-12-18)13-26-22(27)30-15-17-5-7-20(23)8-6-17/h5-8,11-13,16H,2-4,9-10,14-15H2,1H3. The van der Waals surface area contributed by atoms with Crippen molar-refractivity contribution in [1.29, 1.82) is 0 Å². The molecule has 0 amide bonds. The molecule has 0 radical (unpaired) electrons. The summed E-state index contributed by atoms with van der Waals surface area (Å²) in [5, 5.41) is 0.899. The van der Waals surface area contributed by atoms with Crippen molar-refractivity contribution < 1.29 is 13.9 Å². The largest absolute Gasteiger partial charge is 0.466 e. The lowest BCUT2D eigenvalue weighted by Crippen LogP contribution is -2.34. The number of ether oxygens (including phenoxy) is 1. The van der Waals surface area contributed by atoms with Crippen LogP contribution in [0.2, 0.25) is 0 Å². The van der Waals surface area contributed by atoms with Crippen LogP contribution in [-0.2, 0) is 21.7 Å². The molecular formula is C22H25FN4O2S. The molecule has 30 heavy (non-hydrogen) atoms. The maximum atomic E-state index is 13.1. The molecule has 0 spiro atoms. The van der Waals surface area contributed by atoms with Gasteiger partial charge in [-0.1, -0.05) is 23.9 Å². The van der Waals surface area contributed by atoms with Gasteiger partial charge in [0.2, 0.25) is 0 Å². The molecule has 0 fully saturated rings. The second kappa shape index (κ2) is 11.4. The number of hydrogen-bond donors (Lipinski definition) is 0. The van der Waals surface area contributed by atoms with Gasteiger partial charge in [-0.15, -0.1) is 0 Å². The Labute approximate surface area is 180 Å². The first-order valence-corrected chi connectivity index (χ1v) is 10.9. The predicted molar refractivity (Wildman–Crippen MR) is 116 cm³/mol. The van der Waals surface area contributed by atoms with Gasteiger partial charge in [0.15, 0.2) is 5.17 Å². The summed E-state index contributed by atoms with van der Waals surface area (Å²) in [6.45, 7) is 3.64. The predicted octanol–water partition coefficient (Wildman–Crippen LogP) is 3.99. The van der Waals surface area contributed by atoms with E-state index in [1.165, 1.54) is 18.5 Å². The van der Waals surface area contributed by atoms with Crippen molar-refractivity contribution in [3.05, 3.63) is 71.7 Å². The van der Waals surface area contributed by atoms with Gasteiger partial charge in [0.05, 0.1) is 6.61 Å². The van der Waals surface area contributed by atoms with Crippen LogP contribution >= 0.6 is 11.8 Å². The van der Waals surface area contributed by atoms with E-state index >= 15 is 0 Å². The molecule has 8 heteroatoms. The van der Waals surface area contributed by atoms with Gasteiger partial charge >= 0.3 is 5.97 Å². The third-order valence-corrected chi connectivity index (χ3v) is 5.56. The lowest BCUT2D eigenvalue weighted by Gasteiger charge is -2.29. The summed E-state index contributed by atoms with van der Waals surface area (Å²) in [5.41, 5.74) is 3.23. The third kappa shape index (κ3) is 6.95. The smallest absolute Gasteiger partial charge is 0.305 e. The molecular weight excluding hydrogens is 403 g/mol. The third-order valence-electron chi connectivity index (χ3n) is 4.46. The number of amidine groups is 1. The van der Waals surface area contributed by atoms with Gasteiger partial charge in [0, 0.05) is 43.9 Å². The zero-order valence-corrected chi connectivity index (χ0v) is 17.8. The van der Waals surface area contributed by atoms with E-state index in [0.717, 1.165) is 34.8 Å². The zero-order chi connectivity index (χ0) is 21.2. The fourth-order valence-corrected chi connectivity index (χ4v) is 4.00. The quantitative estimate of drug-likeness (QED) is 0.563. The molecule has 2 aromatic rings. The molecule has 0 atom stereocenters. The number of thioether (sulfide) groups is 1. The Balaban J connectivity index is 1.64. The molecule has 0 aliphatic carbocycles. The maximum Gasteiger partial charge on any atom is 0.305 e. The summed E-state index contributed by atoms with van der Waals surface area (Å²) in [5.74, 6) is 0.282. The molecule has 2 heterocycles. The summed E-state index contributed by atoms with van der Waals surface area (Å²) in [4.78, 5) is 26.7. The van der Waals surface area contributed by atoms with Crippen molar-refractivity contribution in [2.45, 2.75) is 31.9 Å². The van der Waals surface area contributed by atoms with E-state index in [1.54, 1.807) is 36.3 Å². The number of nitrogens with zero attached hydrogens (tertiary/aromatic N) is 4. The van der Waals surface area contributed by atoms with Crippen LogP contribution in [-0.4, -0.2) is 45.7 Å². The van der Waals surface area contributed by atoms with E-state index in [1.807, 2.05) is 13.1 Å². The number of rotatable bonds is 9. The minimum atomic E-state index is -0.239. The summed E-state index contributed by atoms with van der Waals surface area (Å²) in [6, 6.07) is 6.51. The highest BCUT2D eigenvalue weighted by molar-refractivity contribution is 8.13. The molecule has 6 nitrogen and oxygen atoms in total. The highest BCUT2D eigenvalue weighted by atomic mass is 32.2. The second-order valence-corrected chi connectivity index (χ2v) is 7.81. The fraction of sp³-hybridized carbons (Fsp3) is 0.364. The number of carbonyl (C=O) groups is 1. The number of esters is 1. The Kier molecular flexibility index (Phi) is 8.38. The van der Waals surface area contributed by atoms with E-state index < -0.39 is 0 Å². The topological polar surface area (TPSA) is 67.7 Å². The summed E-state index contributed by atoms with van der Waals surface area (Å²) in [6.07, 6.45) is 8.84. The minimum Gasteiger partial charge on any atom is -0.466 e. The molecule has 1 aliphatic rings. The van der Waals surface area contributed by atoms with Crippen LogP contribution in [0, 0.1) is 5.82 Å². The monoisotopic (exact) mass is 428 g/mol. The van der Waals surface area contributed by atoms with Crippen molar-refractivity contribution in [2.24, 2.45) is 4.99 Å². The number of benzene rings is 1. The average molecular weight is 429 g/mol. The van der Waals surface area contributed by atoms with Gasteiger partial charge in [0.25, 0.3) is 0 Å². The van der Waals surface area contributed by atoms with Gasteiger partial charge in [-0.2, -0.15) is 0 Å². The molecule has 0 saturated heterocycles. The number of halogens is 1. The molecule has 0 N–H and O–H groups in total. The van der Waals surface area contributed by atoms with Crippen LogP contribution in [0.1, 0.15) is 30.9 Å². The van der Waals surface area contributed by atoms with Gasteiger partial charge in [-0.3, -0.25) is 4.79 Å². The number of aromatic nitrogens is 2. The lowest BCUT2D eigenvalue weighted by atomic mass is 10.1. The van der Waals surface area contributed by atoms with Crippen molar-refractivity contribution >= 4 is 22.9 Å². The molecule has 1 aromatic heterocycles. The molecule has 0 saturated carbocycles. The highest BCUT2D eigenvalue weighted by Gasteiger charge is 2.19. The molecule has 1 aliphatic heterocycles. The van der Waals surface area contributed by atoms with E-state index in [2.05, 4.69) is 19.9 Å². The normalized spacial score (nSPS) is 13.6. The Morgan fingerprint density at radius 1 is 1.20 bits per heavy atom. The molecule has 158 valence electrons. The Bertz CT molecular complexity index is 888. The maximum absolute atomic E-state index is 13.1. The first kappa shape index (κ1) is 22.0. The Hall–Kier alpha value is -2.74. The summed E-state index contributed by atoms with van der Waals surface area (Å²) in [7, 11) is 0. The second-order valence-electron chi connectivity index (χ2n) is 6.87. The van der Waals surface area contributed by atoms with Crippen LogP contribution in [0.15, 0.2) is 59.8 Å². The van der Waals surface area contributed by atoms with E-state index in [-0.39, 0.29) is 11.8 Å². The van der Waals surface area contributed by atoms with E-state index in [4.69, 9.17) is 4.74 Å². The SMILES string of the molecule is CCOC(=O)CCCN1CC(Cc2cncnc2)=CN=C1SCc1ccc(F)cc1. The summed E-state index contributed by atoms with van der Waals surface area (Å²) >= 11 is 1.61. The van der Waals surface area contributed by atoms with Crippen LogP contribution in [0.4, 0.5) is 4.39 Å². The molecule has 1 aromatic carbocycles. The zero-order valence-electron chi connectivity index (χ0n) is 17.0. The number of aliphatic imine (C=N–C) groups is 1. The molecule has 3 rings (SSSR count). The van der Waals surface area contributed by atoms with Gasteiger partial charge in [0.1, 0.15) is 12.1 Å². The van der Waals surface area contributed by atoms with E-state index in [0.29, 0.717) is 31.7 Å². The Morgan fingerprint density at radius 2 is 1.97 bits per heavy atom. The highest BCUT2D eigenvalue weighted by Crippen LogP contribution is 2.23. The van der Waals surface area contributed by atoms with Crippen molar-refractivity contribution in [3.63, 3.8) is 0 Å². The minimum absolute atomic E-state index is 0.177. The fourth-order valence-electron chi connectivity index (χ4n) is 3.05. The molecule has 0 unspecified atom stereocenters. The van der Waals surface area contributed by atoms with Crippen LogP contribution in [0.3, 0.4) is 0 Å². The van der Waals surface area contributed by atoms with Gasteiger partial charge in [-0.05, 0) is 48.6 Å². The van der Waals surface area contributed by atoms with E-state index in [9.17, 15) is 9.18 Å². The van der Waals surface area contributed by atoms with Crippen molar-refractivity contribution in [2.75, 3.05) is 19.7 Å². The summed E-state index contributed by atoms with van der Waals surface area (Å²) < 4.78 is 18.2. The van der Waals surface area contributed by atoms with Crippen LogP contribution in [0.5, 0.6) is 0 Å². The van der Waals surface area contributed by atoms with Crippen molar-refractivity contribution in [1.82, 2.24) is 14.9 Å². The van der Waals surface area contributed by atoms with Crippen LogP contribution in [0.25, 0.3) is 0 Å². The van der Waals surface area contributed by atoms with Gasteiger partial charge < -0.3 is 9.64 Å². The Morgan fingerprint density at radius 3 is 2.70 bits per heavy atom. The number of carbonyl (C=O) groups excluding carboxylic acids is 1. The van der Waals surface area contributed by atoms with Crippen LogP contribution < -0.4 is 0 Å². The number of hydrogen-bond acceptors (Lipinski definition) is 7. The first-order valence-electron chi connectivity index (χ1n) is 9.91. The molecule has 0 bridgehead atoms. The van der Waals surface area contributed by atoms with Crippen molar-refractivity contribution in [3.8, 4) is 0 Å². The van der Waals surface area contributed by atoms with Gasteiger partial charge in [-0.25, -0.2) is 19.4 Å². The lowest BCUT2D eigenvalue weighted by molar-refractivity contribution is -0.143. The first-order chi connectivity index (χ1) is 14.6. The average Bonchev–Trinajstić information content (AvgIpc) is 2.75.